The van der Waals surface area contributed by atoms with Crippen molar-refractivity contribution in [3.8, 4) is 5.88 Å². The van der Waals surface area contributed by atoms with E-state index >= 15 is 4.39 Å². The van der Waals surface area contributed by atoms with Crippen molar-refractivity contribution >= 4 is 17.8 Å². The molecule has 200 valence electrons. The Morgan fingerprint density at radius 3 is 2.68 bits per heavy atom. The normalized spacial score (nSPS) is 20.0. The highest BCUT2D eigenvalue weighted by Crippen LogP contribution is 2.30. The van der Waals surface area contributed by atoms with E-state index < -0.39 is 23.6 Å². The number of pyridine rings is 1. The zero-order valence-electron chi connectivity index (χ0n) is 21.8. The smallest absolute Gasteiger partial charge is 0.410 e. The Kier molecular flexibility index (Phi) is 8.16. The third-order valence-corrected chi connectivity index (χ3v) is 6.36. The van der Waals surface area contributed by atoms with Crippen molar-refractivity contribution in [3.63, 3.8) is 0 Å². The highest BCUT2D eigenvalue weighted by Gasteiger charge is 2.36. The van der Waals surface area contributed by atoms with Gasteiger partial charge in [0.25, 0.3) is 0 Å². The van der Waals surface area contributed by atoms with Crippen LogP contribution in [0.2, 0.25) is 0 Å². The van der Waals surface area contributed by atoms with Crippen molar-refractivity contribution in [3.05, 3.63) is 53.3 Å². The summed E-state index contributed by atoms with van der Waals surface area (Å²) in [6.07, 6.45) is 0.530. The summed E-state index contributed by atoms with van der Waals surface area (Å²) < 4.78 is 32.0. The van der Waals surface area contributed by atoms with Crippen LogP contribution in [0.15, 0.2) is 36.4 Å². The number of halogens is 1. The molecule has 0 spiro atoms. The van der Waals surface area contributed by atoms with Crippen LogP contribution in [0.5, 0.6) is 5.88 Å². The van der Waals surface area contributed by atoms with Gasteiger partial charge in [-0.1, -0.05) is 30.3 Å². The van der Waals surface area contributed by atoms with Crippen LogP contribution in [0.3, 0.4) is 0 Å². The summed E-state index contributed by atoms with van der Waals surface area (Å²) in [6, 6.07) is 10.5. The molecule has 9 nitrogen and oxygen atoms in total. The number of hydrogen-bond acceptors (Lipinski definition) is 7. The maximum Gasteiger partial charge on any atom is 0.410 e. The number of amides is 2. The predicted molar refractivity (Wildman–Crippen MR) is 136 cm³/mol. The number of hydrogen-bond donors (Lipinski definition) is 1. The number of rotatable bonds is 6. The van der Waals surface area contributed by atoms with Gasteiger partial charge in [-0.3, -0.25) is 9.69 Å². The lowest BCUT2D eigenvalue weighted by molar-refractivity contribution is -0.125. The number of nitrogens with one attached hydrogen (secondary N) is 1. The molecule has 0 bridgehead atoms. The first-order valence-corrected chi connectivity index (χ1v) is 12.6. The van der Waals surface area contributed by atoms with Crippen molar-refractivity contribution in [2.24, 2.45) is 0 Å². The van der Waals surface area contributed by atoms with E-state index in [-0.39, 0.29) is 30.3 Å². The molecule has 2 aliphatic heterocycles. The van der Waals surface area contributed by atoms with Crippen LogP contribution in [0, 0.1) is 5.82 Å². The molecule has 4 rings (SSSR count). The van der Waals surface area contributed by atoms with Gasteiger partial charge in [0.15, 0.2) is 11.6 Å². The second-order valence-electron chi connectivity index (χ2n) is 10.2. The second-order valence-corrected chi connectivity index (χ2v) is 10.2. The quantitative estimate of drug-likeness (QED) is 0.626. The maximum atomic E-state index is 15.2. The molecule has 2 aromatic rings. The fraction of sp³-hybridized carbons (Fsp3) is 0.519. The molecule has 1 aromatic heterocycles. The first-order chi connectivity index (χ1) is 17.7. The summed E-state index contributed by atoms with van der Waals surface area (Å²) in [6.45, 7) is 7.20. The van der Waals surface area contributed by atoms with Gasteiger partial charge in [-0.05, 0) is 45.2 Å². The number of carbonyl (C=O) groups is 2. The number of carbonyl (C=O) groups excluding carboxylic acids is 2. The van der Waals surface area contributed by atoms with Crippen molar-refractivity contribution in [2.75, 3.05) is 38.3 Å². The van der Waals surface area contributed by atoms with E-state index in [0.717, 1.165) is 5.56 Å². The number of anilines is 1. The average Bonchev–Trinajstić information content (AvgIpc) is 3.37. The van der Waals surface area contributed by atoms with E-state index in [1.165, 1.54) is 18.1 Å². The van der Waals surface area contributed by atoms with Crippen LogP contribution in [0.25, 0.3) is 0 Å². The van der Waals surface area contributed by atoms with Gasteiger partial charge >= 0.3 is 6.09 Å². The second kappa shape index (κ2) is 11.3. The minimum Gasteiger partial charge on any atom is -0.481 e. The molecular formula is C27H35FN4O5. The van der Waals surface area contributed by atoms with Crippen LogP contribution in [0.4, 0.5) is 15.0 Å². The molecule has 1 aromatic carbocycles. The molecule has 2 fully saturated rings. The first-order valence-electron chi connectivity index (χ1n) is 12.6. The summed E-state index contributed by atoms with van der Waals surface area (Å²) in [5.74, 6) is -0.415. The molecular weight excluding hydrogens is 479 g/mol. The molecule has 0 radical (unpaired) electrons. The lowest BCUT2D eigenvalue weighted by Crippen LogP contribution is -2.47. The molecule has 3 heterocycles. The molecule has 2 unspecified atom stereocenters. The summed E-state index contributed by atoms with van der Waals surface area (Å²) >= 11 is 0. The van der Waals surface area contributed by atoms with Crippen LogP contribution in [0.1, 0.15) is 50.8 Å². The van der Waals surface area contributed by atoms with Crippen LogP contribution in [-0.2, 0) is 20.8 Å². The molecule has 0 aliphatic carbocycles. The maximum absolute atomic E-state index is 15.2. The molecule has 1 N–H and O–H groups in total. The lowest BCUT2D eigenvalue weighted by atomic mass is 10.1. The molecule has 37 heavy (non-hydrogen) atoms. The Bertz CT molecular complexity index is 1110. The number of morpholine rings is 1. The van der Waals surface area contributed by atoms with Gasteiger partial charge in [-0.15, -0.1) is 0 Å². The minimum atomic E-state index is -0.652. The van der Waals surface area contributed by atoms with Crippen LogP contribution in [-0.4, -0.2) is 66.9 Å². The van der Waals surface area contributed by atoms with Crippen LogP contribution >= 0.6 is 0 Å². The van der Waals surface area contributed by atoms with Gasteiger partial charge in [0.2, 0.25) is 11.8 Å². The summed E-state index contributed by atoms with van der Waals surface area (Å²) in [4.78, 5) is 33.2. The largest absolute Gasteiger partial charge is 0.481 e. The Labute approximate surface area is 216 Å². The third kappa shape index (κ3) is 6.49. The van der Waals surface area contributed by atoms with Crippen molar-refractivity contribution in [1.29, 1.82) is 0 Å². The monoisotopic (exact) mass is 514 g/mol. The zero-order chi connectivity index (χ0) is 26.6. The number of aromatic nitrogens is 1. The summed E-state index contributed by atoms with van der Waals surface area (Å²) in [7, 11) is 1.46. The van der Waals surface area contributed by atoms with Gasteiger partial charge in [0.05, 0.1) is 13.7 Å². The van der Waals surface area contributed by atoms with Crippen molar-refractivity contribution < 1.29 is 28.2 Å². The number of ether oxygens (including phenoxy) is 3. The van der Waals surface area contributed by atoms with Gasteiger partial charge in [-0.25, -0.2) is 9.18 Å². The minimum absolute atomic E-state index is 0.0145. The standard InChI is InChI=1S/C27H35FN4O5/c1-27(2,3)37-26(34)32-12-8-11-21(32)24(33)29-16-19-15-20(28)23(30-25(19)35-4)31-13-14-36-22(17-31)18-9-6-5-7-10-18/h5-7,9-10,15,21-22H,8,11-14,16-17H2,1-4H3,(H,29,33). The van der Waals surface area contributed by atoms with Crippen molar-refractivity contribution in [1.82, 2.24) is 15.2 Å². The third-order valence-electron chi connectivity index (χ3n) is 6.36. The van der Waals surface area contributed by atoms with E-state index in [2.05, 4.69) is 10.3 Å². The number of benzene rings is 1. The molecule has 2 atom stereocenters. The van der Waals surface area contributed by atoms with Gasteiger partial charge < -0.3 is 24.4 Å². The lowest BCUT2D eigenvalue weighted by Gasteiger charge is -2.34. The van der Waals surface area contributed by atoms with E-state index in [0.29, 0.717) is 44.6 Å². The van der Waals surface area contributed by atoms with Gasteiger partial charge in [0, 0.05) is 31.7 Å². The van der Waals surface area contributed by atoms with Crippen LogP contribution < -0.4 is 15.0 Å². The van der Waals surface area contributed by atoms with Gasteiger partial charge in [0.1, 0.15) is 17.7 Å². The molecule has 2 aliphatic rings. The number of methoxy groups -OCH3 is 1. The Morgan fingerprint density at radius 1 is 1.22 bits per heavy atom. The molecule has 0 saturated carbocycles. The molecule has 2 amide bonds. The fourth-order valence-electron chi connectivity index (χ4n) is 4.62. The summed E-state index contributed by atoms with van der Waals surface area (Å²) in [5.41, 5.74) is 0.777. The van der Waals surface area contributed by atoms with E-state index in [1.54, 1.807) is 20.8 Å². The van der Waals surface area contributed by atoms with E-state index in [9.17, 15) is 9.59 Å². The van der Waals surface area contributed by atoms with Gasteiger partial charge in [-0.2, -0.15) is 4.98 Å². The fourth-order valence-corrected chi connectivity index (χ4v) is 4.62. The number of nitrogens with zero attached hydrogens (tertiary/aromatic N) is 3. The first kappa shape index (κ1) is 26.7. The van der Waals surface area contributed by atoms with E-state index in [1.807, 2.05) is 35.2 Å². The predicted octanol–water partition coefficient (Wildman–Crippen LogP) is 3.82. The number of likely N-dealkylation sites (tertiary alicyclic amines) is 1. The highest BCUT2D eigenvalue weighted by molar-refractivity contribution is 5.86. The summed E-state index contributed by atoms with van der Waals surface area (Å²) in [5, 5.41) is 2.81. The zero-order valence-corrected chi connectivity index (χ0v) is 21.8. The Morgan fingerprint density at radius 2 is 1.97 bits per heavy atom. The molecule has 2 saturated heterocycles. The highest BCUT2D eigenvalue weighted by atomic mass is 19.1. The topological polar surface area (TPSA) is 93.2 Å². The average molecular weight is 515 g/mol. The Balaban J connectivity index is 1.43. The Hall–Kier alpha value is -3.40. The van der Waals surface area contributed by atoms with Crippen molar-refractivity contribution in [2.45, 2.75) is 57.9 Å². The molecule has 10 heteroatoms. The van der Waals surface area contributed by atoms with E-state index in [4.69, 9.17) is 14.2 Å². The SMILES string of the molecule is COc1nc(N2CCOC(c3ccccc3)C2)c(F)cc1CNC(=O)C1CCCN1C(=O)OC(C)(C)C.